The lowest BCUT2D eigenvalue weighted by Crippen LogP contribution is -2.02. The molecule has 2 aromatic rings. The zero-order valence-electron chi connectivity index (χ0n) is 13.5. The highest BCUT2D eigenvalue weighted by Gasteiger charge is 2.17. The first-order valence-corrected chi connectivity index (χ1v) is 7.86. The maximum atomic E-state index is 11.4. The van der Waals surface area contributed by atoms with Crippen LogP contribution in [0.1, 0.15) is 60.3 Å². The topological polar surface area (TPSA) is 42.2 Å². The summed E-state index contributed by atoms with van der Waals surface area (Å²) in [5, 5.41) is 10.6. The largest absolute Gasteiger partial charge is 0.478 e. The van der Waals surface area contributed by atoms with Crippen molar-refractivity contribution in [2.75, 3.05) is 0 Å². The van der Waals surface area contributed by atoms with Crippen LogP contribution < -0.4 is 0 Å². The van der Waals surface area contributed by atoms with Crippen molar-refractivity contribution in [1.29, 1.82) is 0 Å². The van der Waals surface area contributed by atoms with Gasteiger partial charge in [0.05, 0.1) is 5.56 Å². The first-order chi connectivity index (χ1) is 10.0. The predicted molar refractivity (Wildman–Crippen MR) is 87.3 cm³/mol. The van der Waals surface area contributed by atoms with Gasteiger partial charge in [0.1, 0.15) is 0 Å². The molecular formula is C18H25NO2. The summed E-state index contributed by atoms with van der Waals surface area (Å²) in [6.07, 6.45) is 4.47. The van der Waals surface area contributed by atoms with Crippen LogP contribution in [0.5, 0.6) is 0 Å². The molecule has 1 heterocycles. The number of aromatic nitrogens is 1. The molecule has 0 amide bonds. The van der Waals surface area contributed by atoms with Crippen molar-refractivity contribution in [2.45, 2.75) is 59.9 Å². The van der Waals surface area contributed by atoms with Gasteiger partial charge in [0, 0.05) is 23.1 Å². The average Bonchev–Trinajstić information content (AvgIpc) is 2.68. The quantitative estimate of drug-likeness (QED) is 0.836. The molecule has 1 aromatic carbocycles. The summed E-state index contributed by atoms with van der Waals surface area (Å²) in [4.78, 5) is 11.4. The van der Waals surface area contributed by atoms with E-state index in [2.05, 4.69) is 31.4 Å². The van der Waals surface area contributed by atoms with Gasteiger partial charge in [-0.15, -0.1) is 0 Å². The van der Waals surface area contributed by atoms with Crippen LogP contribution in [0, 0.1) is 13.8 Å². The number of benzene rings is 1. The number of hydrogen-bond donors (Lipinski definition) is 1. The molecule has 0 saturated heterocycles. The third-order valence-electron chi connectivity index (χ3n) is 4.26. The Balaban J connectivity index is 2.71. The van der Waals surface area contributed by atoms with Gasteiger partial charge in [0.25, 0.3) is 0 Å². The molecule has 0 aliphatic heterocycles. The van der Waals surface area contributed by atoms with Gasteiger partial charge in [-0.05, 0) is 56.4 Å². The van der Waals surface area contributed by atoms with Crippen LogP contribution in [0.15, 0.2) is 12.1 Å². The number of carboxylic acids is 1. The van der Waals surface area contributed by atoms with Gasteiger partial charge in [-0.1, -0.05) is 20.3 Å². The first-order valence-electron chi connectivity index (χ1n) is 7.86. The fraction of sp³-hybridized carbons (Fsp3) is 0.500. The van der Waals surface area contributed by atoms with Crippen LogP contribution in [0.4, 0.5) is 0 Å². The van der Waals surface area contributed by atoms with E-state index in [0.717, 1.165) is 30.5 Å². The lowest BCUT2D eigenvalue weighted by molar-refractivity contribution is 0.0696. The molecular weight excluding hydrogens is 262 g/mol. The van der Waals surface area contributed by atoms with Crippen LogP contribution in [0.3, 0.4) is 0 Å². The summed E-state index contributed by atoms with van der Waals surface area (Å²) >= 11 is 0. The summed E-state index contributed by atoms with van der Waals surface area (Å²) in [6, 6.07) is 3.91. The molecule has 0 aliphatic rings. The van der Waals surface area contributed by atoms with Crippen molar-refractivity contribution in [1.82, 2.24) is 4.57 Å². The molecule has 21 heavy (non-hydrogen) atoms. The van der Waals surface area contributed by atoms with Gasteiger partial charge in [0.15, 0.2) is 0 Å². The standard InChI is InChI=1S/C18H25NO2/c1-5-7-8-14-13(4)19(9-6-2)17-11-15(18(20)21)12(3)10-16(14)17/h10-11H,5-9H2,1-4H3,(H,20,21). The molecule has 3 heteroatoms. The van der Waals surface area contributed by atoms with E-state index in [1.54, 1.807) is 0 Å². The Morgan fingerprint density at radius 2 is 1.90 bits per heavy atom. The average molecular weight is 287 g/mol. The Morgan fingerprint density at radius 3 is 2.48 bits per heavy atom. The second-order valence-corrected chi connectivity index (χ2v) is 5.81. The first kappa shape index (κ1) is 15.6. The van der Waals surface area contributed by atoms with Crippen molar-refractivity contribution >= 4 is 16.9 Å². The Morgan fingerprint density at radius 1 is 1.19 bits per heavy atom. The second kappa shape index (κ2) is 6.33. The van der Waals surface area contributed by atoms with E-state index < -0.39 is 5.97 Å². The van der Waals surface area contributed by atoms with Crippen molar-refractivity contribution < 1.29 is 9.90 Å². The molecule has 0 aliphatic carbocycles. The zero-order valence-corrected chi connectivity index (χ0v) is 13.5. The van der Waals surface area contributed by atoms with E-state index in [0.29, 0.717) is 5.56 Å². The Kier molecular flexibility index (Phi) is 4.71. The molecule has 114 valence electrons. The van der Waals surface area contributed by atoms with E-state index in [1.807, 2.05) is 13.0 Å². The van der Waals surface area contributed by atoms with E-state index in [-0.39, 0.29) is 0 Å². The van der Waals surface area contributed by atoms with Crippen LogP contribution in [0.25, 0.3) is 10.9 Å². The molecule has 0 atom stereocenters. The molecule has 1 aromatic heterocycles. The molecule has 3 nitrogen and oxygen atoms in total. The lowest BCUT2D eigenvalue weighted by atomic mass is 10.0. The number of unbranched alkanes of at least 4 members (excludes halogenated alkanes) is 1. The van der Waals surface area contributed by atoms with Gasteiger partial charge in [0.2, 0.25) is 0 Å². The second-order valence-electron chi connectivity index (χ2n) is 5.81. The maximum Gasteiger partial charge on any atom is 0.336 e. The number of aromatic carboxylic acids is 1. The number of nitrogens with zero attached hydrogens (tertiary/aromatic N) is 1. The monoisotopic (exact) mass is 287 g/mol. The third-order valence-corrected chi connectivity index (χ3v) is 4.26. The predicted octanol–water partition coefficient (Wildman–Crippen LogP) is 4.71. The molecule has 2 rings (SSSR count). The van der Waals surface area contributed by atoms with Crippen molar-refractivity contribution in [3.8, 4) is 0 Å². The number of aryl methyl sites for hydroxylation is 3. The SMILES string of the molecule is CCCCc1c(C)n(CCC)c2cc(C(=O)O)c(C)cc12. The Bertz CT molecular complexity index is 668. The fourth-order valence-electron chi connectivity index (χ4n) is 3.11. The van der Waals surface area contributed by atoms with E-state index in [9.17, 15) is 9.90 Å². The van der Waals surface area contributed by atoms with Gasteiger partial charge < -0.3 is 9.67 Å². The molecule has 1 N–H and O–H groups in total. The van der Waals surface area contributed by atoms with Gasteiger partial charge in [-0.2, -0.15) is 0 Å². The minimum atomic E-state index is -0.841. The number of carbonyl (C=O) groups is 1. The summed E-state index contributed by atoms with van der Waals surface area (Å²) in [7, 11) is 0. The molecule has 0 unspecified atom stereocenters. The highest BCUT2D eigenvalue weighted by Crippen LogP contribution is 2.30. The summed E-state index contributed by atoms with van der Waals surface area (Å²) in [6.45, 7) is 9.35. The minimum absolute atomic E-state index is 0.416. The number of hydrogen-bond acceptors (Lipinski definition) is 1. The van der Waals surface area contributed by atoms with Crippen molar-refractivity contribution in [3.05, 3.63) is 34.5 Å². The number of fused-ring (bicyclic) bond motifs is 1. The lowest BCUT2D eigenvalue weighted by Gasteiger charge is -2.08. The van der Waals surface area contributed by atoms with Crippen molar-refractivity contribution in [3.63, 3.8) is 0 Å². The summed E-state index contributed by atoms with van der Waals surface area (Å²) in [5.74, 6) is -0.841. The molecule has 0 fully saturated rings. The number of carboxylic acid groups (broad SMARTS) is 1. The molecule has 0 spiro atoms. The smallest absolute Gasteiger partial charge is 0.336 e. The highest BCUT2D eigenvalue weighted by atomic mass is 16.4. The zero-order chi connectivity index (χ0) is 15.6. The Labute approximate surface area is 126 Å². The van der Waals surface area contributed by atoms with Crippen molar-refractivity contribution in [2.24, 2.45) is 0 Å². The van der Waals surface area contributed by atoms with Crippen LogP contribution in [-0.4, -0.2) is 15.6 Å². The van der Waals surface area contributed by atoms with Gasteiger partial charge >= 0.3 is 5.97 Å². The van der Waals surface area contributed by atoms with E-state index in [1.165, 1.54) is 29.5 Å². The molecule has 0 saturated carbocycles. The van der Waals surface area contributed by atoms with E-state index in [4.69, 9.17) is 0 Å². The molecule has 0 bridgehead atoms. The number of rotatable bonds is 6. The summed E-state index contributed by atoms with van der Waals surface area (Å²) < 4.78 is 2.28. The summed E-state index contributed by atoms with van der Waals surface area (Å²) in [5.41, 5.74) is 5.02. The fourth-order valence-corrected chi connectivity index (χ4v) is 3.11. The Hall–Kier alpha value is -1.77. The maximum absolute atomic E-state index is 11.4. The normalized spacial score (nSPS) is 11.2. The van der Waals surface area contributed by atoms with Gasteiger partial charge in [-0.3, -0.25) is 0 Å². The molecule has 0 radical (unpaired) electrons. The highest BCUT2D eigenvalue weighted by molar-refractivity contribution is 5.96. The van der Waals surface area contributed by atoms with Crippen LogP contribution >= 0.6 is 0 Å². The minimum Gasteiger partial charge on any atom is -0.478 e. The van der Waals surface area contributed by atoms with Crippen LogP contribution in [0.2, 0.25) is 0 Å². The van der Waals surface area contributed by atoms with Crippen LogP contribution in [-0.2, 0) is 13.0 Å². The van der Waals surface area contributed by atoms with E-state index >= 15 is 0 Å². The third kappa shape index (κ3) is 2.82. The van der Waals surface area contributed by atoms with Gasteiger partial charge in [-0.25, -0.2) is 4.79 Å².